The first-order valence-corrected chi connectivity index (χ1v) is 12.3. The first-order chi connectivity index (χ1) is 15.9. The number of amides is 1. The van der Waals surface area contributed by atoms with Crippen molar-refractivity contribution in [2.75, 3.05) is 6.54 Å². The molecule has 0 N–H and O–H groups in total. The quantitative estimate of drug-likeness (QED) is 0.435. The highest BCUT2D eigenvalue weighted by atomic mass is 32.2. The summed E-state index contributed by atoms with van der Waals surface area (Å²) in [4.78, 5) is 14.6. The third kappa shape index (κ3) is 3.89. The summed E-state index contributed by atoms with van der Waals surface area (Å²) in [6.07, 6.45) is 0.112. The maximum absolute atomic E-state index is 13.7. The summed E-state index contributed by atoms with van der Waals surface area (Å²) in [7, 11) is -3.85. The van der Waals surface area contributed by atoms with Crippen LogP contribution in [0.4, 0.5) is 4.79 Å². The molecule has 1 aromatic heterocycles. The first kappa shape index (κ1) is 21.3. The van der Waals surface area contributed by atoms with E-state index in [1.165, 1.54) is 3.97 Å². The van der Waals surface area contributed by atoms with E-state index < -0.39 is 16.1 Å². The second-order valence-corrected chi connectivity index (χ2v) is 10.0. The molecule has 0 saturated carbocycles. The number of fused-ring (bicyclic) bond motifs is 3. The van der Waals surface area contributed by atoms with E-state index in [1.54, 1.807) is 29.2 Å². The lowest BCUT2D eigenvalue weighted by Gasteiger charge is -2.27. The van der Waals surface area contributed by atoms with Crippen molar-refractivity contribution in [3.63, 3.8) is 0 Å². The molecule has 0 fully saturated rings. The van der Waals surface area contributed by atoms with Crippen molar-refractivity contribution in [2.24, 2.45) is 0 Å². The predicted octanol–water partition coefficient (Wildman–Crippen LogP) is 4.88. The Balaban J connectivity index is 1.51. The highest BCUT2D eigenvalue weighted by Crippen LogP contribution is 2.34. The zero-order chi connectivity index (χ0) is 23.0. The molecular formula is C26H24N2O4S. The van der Waals surface area contributed by atoms with Gasteiger partial charge in [-0.3, -0.25) is 0 Å². The van der Waals surface area contributed by atoms with E-state index in [9.17, 15) is 13.2 Å². The molecule has 0 aliphatic carbocycles. The molecule has 0 unspecified atom stereocenters. The Labute approximate surface area is 193 Å². The minimum Gasteiger partial charge on any atom is -0.445 e. The maximum Gasteiger partial charge on any atom is 0.410 e. The third-order valence-corrected chi connectivity index (χ3v) is 7.80. The standard InChI is InChI=1S/C26H24N2O4S/c1-19-11-13-21(14-12-19)33(30,31)28-24-10-6-5-9-22(24)23-15-16-27(17-25(23)28)26(29)32-18-20-7-3-2-4-8-20/h2-14H,15-18H2,1H3. The van der Waals surface area contributed by atoms with Crippen LogP contribution >= 0.6 is 0 Å². The van der Waals surface area contributed by atoms with Gasteiger partial charge in [0.15, 0.2) is 0 Å². The average Bonchev–Trinajstić information content (AvgIpc) is 3.18. The second-order valence-electron chi connectivity index (χ2n) is 8.24. The Hall–Kier alpha value is -3.58. The number of carbonyl (C=O) groups is 1. The summed E-state index contributed by atoms with van der Waals surface area (Å²) in [5.41, 5.74) is 4.09. The highest BCUT2D eigenvalue weighted by molar-refractivity contribution is 7.90. The fourth-order valence-electron chi connectivity index (χ4n) is 4.33. The number of aryl methyl sites for hydroxylation is 1. The van der Waals surface area contributed by atoms with Crippen molar-refractivity contribution in [2.45, 2.75) is 31.4 Å². The van der Waals surface area contributed by atoms with Gasteiger partial charge >= 0.3 is 6.09 Å². The van der Waals surface area contributed by atoms with Crippen LogP contribution in [0, 0.1) is 6.92 Å². The van der Waals surface area contributed by atoms with Gasteiger partial charge in [-0.25, -0.2) is 17.2 Å². The molecule has 0 bridgehead atoms. The van der Waals surface area contributed by atoms with Crippen LogP contribution < -0.4 is 0 Å². The number of benzene rings is 3. The first-order valence-electron chi connectivity index (χ1n) is 10.8. The summed E-state index contributed by atoms with van der Waals surface area (Å²) in [5, 5.41) is 0.903. The molecule has 6 nitrogen and oxygen atoms in total. The number of rotatable bonds is 4. The van der Waals surface area contributed by atoms with E-state index in [2.05, 4.69) is 0 Å². The maximum atomic E-state index is 13.7. The normalized spacial score (nSPS) is 13.7. The van der Waals surface area contributed by atoms with Crippen molar-refractivity contribution in [1.82, 2.24) is 8.87 Å². The Kier molecular flexibility index (Phi) is 5.42. The van der Waals surface area contributed by atoms with Gasteiger partial charge in [0.05, 0.1) is 22.7 Å². The second kappa shape index (κ2) is 8.41. The van der Waals surface area contributed by atoms with Crippen LogP contribution in [-0.2, 0) is 34.3 Å². The molecule has 4 aromatic rings. The number of aromatic nitrogens is 1. The van der Waals surface area contributed by atoms with Crippen LogP contribution in [-0.4, -0.2) is 29.9 Å². The smallest absolute Gasteiger partial charge is 0.410 e. The van der Waals surface area contributed by atoms with Gasteiger partial charge in [0.25, 0.3) is 10.0 Å². The van der Waals surface area contributed by atoms with Crippen LogP contribution in [0.15, 0.2) is 83.8 Å². The molecular weight excluding hydrogens is 436 g/mol. The topological polar surface area (TPSA) is 68.6 Å². The lowest BCUT2D eigenvalue weighted by Crippen LogP contribution is -2.37. The molecule has 7 heteroatoms. The van der Waals surface area contributed by atoms with E-state index >= 15 is 0 Å². The number of nitrogens with zero attached hydrogens (tertiary/aromatic N) is 2. The average molecular weight is 461 g/mol. The zero-order valence-electron chi connectivity index (χ0n) is 18.3. The molecule has 5 rings (SSSR count). The molecule has 1 amide bonds. The van der Waals surface area contributed by atoms with Crippen LogP contribution in [0.3, 0.4) is 0 Å². The fourth-order valence-corrected chi connectivity index (χ4v) is 5.90. The van der Waals surface area contributed by atoms with Crippen LogP contribution in [0.1, 0.15) is 22.4 Å². The van der Waals surface area contributed by atoms with Gasteiger partial charge in [-0.15, -0.1) is 0 Å². The van der Waals surface area contributed by atoms with Gasteiger partial charge in [-0.2, -0.15) is 0 Å². The van der Waals surface area contributed by atoms with Crippen LogP contribution in [0.25, 0.3) is 10.9 Å². The molecule has 0 saturated heterocycles. The van der Waals surface area contributed by atoms with Crippen LogP contribution in [0.5, 0.6) is 0 Å². The third-order valence-electron chi connectivity index (χ3n) is 6.04. The van der Waals surface area contributed by atoms with Gasteiger partial charge in [-0.05, 0) is 42.7 Å². The number of ether oxygens (including phenoxy) is 1. The summed E-state index contributed by atoms with van der Waals surface area (Å²) in [6.45, 7) is 2.73. The van der Waals surface area contributed by atoms with Crippen molar-refractivity contribution in [3.8, 4) is 0 Å². The minimum atomic E-state index is -3.85. The highest BCUT2D eigenvalue weighted by Gasteiger charge is 2.32. The molecule has 0 radical (unpaired) electrons. The zero-order valence-corrected chi connectivity index (χ0v) is 19.1. The molecule has 2 heterocycles. The molecule has 0 spiro atoms. The molecule has 1 aliphatic rings. The number of hydrogen-bond donors (Lipinski definition) is 0. The van der Waals surface area contributed by atoms with E-state index in [0.717, 1.165) is 22.1 Å². The number of carbonyl (C=O) groups excluding carboxylic acids is 1. The molecule has 0 atom stereocenters. The van der Waals surface area contributed by atoms with E-state index in [-0.39, 0.29) is 18.0 Å². The Bertz CT molecular complexity index is 1420. The van der Waals surface area contributed by atoms with E-state index in [0.29, 0.717) is 24.2 Å². The van der Waals surface area contributed by atoms with E-state index in [4.69, 9.17) is 4.74 Å². The summed E-state index contributed by atoms with van der Waals surface area (Å²) in [6, 6.07) is 23.8. The lowest BCUT2D eigenvalue weighted by atomic mass is 10.0. The Morgan fingerprint density at radius 2 is 1.64 bits per heavy atom. The Morgan fingerprint density at radius 3 is 2.39 bits per heavy atom. The molecule has 168 valence electrons. The van der Waals surface area contributed by atoms with Crippen molar-refractivity contribution >= 4 is 27.0 Å². The van der Waals surface area contributed by atoms with Crippen LogP contribution in [0.2, 0.25) is 0 Å². The van der Waals surface area contributed by atoms with Crippen molar-refractivity contribution in [3.05, 3.63) is 101 Å². The van der Waals surface area contributed by atoms with Gasteiger partial charge in [0.2, 0.25) is 0 Å². The largest absolute Gasteiger partial charge is 0.445 e. The van der Waals surface area contributed by atoms with Crippen molar-refractivity contribution < 1.29 is 17.9 Å². The van der Waals surface area contributed by atoms with E-state index in [1.807, 2.05) is 61.5 Å². The van der Waals surface area contributed by atoms with Gasteiger partial charge in [-0.1, -0.05) is 66.2 Å². The summed E-state index contributed by atoms with van der Waals surface area (Å²) in [5.74, 6) is 0. The summed E-state index contributed by atoms with van der Waals surface area (Å²) >= 11 is 0. The summed E-state index contributed by atoms with van der Waals surface area (Å²) < 4.78 is 34.3. The molecule has 33 heavy (non-hydrogen) atoms. The molecule has 3 aromatic carbocycles. The predicted molar refractivity (Wildman–Crippen MR) is 126 cm³/mol. The van der Waals surface area contributed by atoms with Gasteiger partial charge in [0.1, 0.15) is 6.61 Å². The number of hydrogen-bond acceptors (Lipinski definition) is 4. The van der Waals surface area contributed by atoms with Crippen molar-refractivity contribution in [1.29, 1.82) is 0 Å². The fraction of sp³-hybridized carbons (Fsp3) is 0.192. The monoisotopic (exact) mass is 460 g/mol. The number of para-hydroxylation sites is 1. The van der Waals surface area contributed by atoms with Gasteiger partial charge in [0, 0.05) is 11.9 Å². The minimum absolute atomic E-state index is 0.169. The Morgan fingerprint density at radius 1 is 0.939 bits per heavy atom. The SMILES string of the molecule is Cc1ccc(S(=O)(=O)n2c3c(c4ccccc42)CCN(C(=O)OCc2ccccc2)C3)cc1. The lowest BCUT2D eigenvalue weighted by molar-refractivity contribution is 0.0913. The molecule has 1 aliphatic heterocycles. The van der Waals surface area contributed by atoms with Gasteiger partial charge < -0.3 is 9.64 Å².